The van der Waals surface area contributed by atoms with Crippen molar-refractivity contribution in [3.63, 3.8) is 0 Å². The van der Waals surface area contributed by atoms with Crippen molar-refractivity contribution in [3.05, 3.63) is 53.8 Å². The fraction of sp³-hybridized carbons (Fsp3) is 0.0667. The van der Waals surface area contributed by atoms with Gasteiger partial charge in [0.05, 0.1) is 5.75 Å². The van der Waals surface area contributed by atoms with Gasteiger partial charge in [-0.3, -0.25) is 9.78 Å². The SMILES string of the molecule is O=C(CSc1nnc(-c2ccncc2)o1)Nc1ccc(Cl)cc1. The van der Waals surface area contributed by atoms with Crippen LogP contribution >= 0.6 is 23.4 Å². The molecule has 1 N–H and O–H groups in total. The van der Waals surface area contributed by atoms with Crippen LogP contribution in [-0.4, -0.2) is 26.8 Å². The van der Waals surface area contributed by atoms with Crippen LogP contribution in [0.25, 0.3) is 11.5 Å². The zero-order valence-corrected chi connectivity index (χ0v) is 13.3. The van der Waals surface area contributed by atoms with Gasteiger partial charge >= 0.3 is 0 Å². The minimum atomic E-state index is -0.166. The highest BCUT2D eigenvalue weighted by Gasteiger charge is 2.11. The molecule has 1 aromatic carbocycles. The first-order valence-electron chi connectivity index (χ1n) is 6.63. The zero-order chi connectivity index (χ0) is 16.1. The lowest BCUT2D eigenvalue weighted by Crippen LogP contribution is -2.13. The smallest absolute Gasteiger partial charge is 0.277 e. The van der Waals surface area contributed by atoms with Crippen LogP contribution in [0.5, 0.6) is 0 Å². The van der Waals surface area contributed by atoms with Crippen molar-refractivity contribution < 1.29 is 9.21 Å². The van der Waals surface area contributed by atoms with Gasteiger partial charge in [-0.15, -0.1) is 10.2 Å². The molecular formula is C15H11ClN4O2S. The van der Waals surface area contributed by atoms with Crippen molar-refractivity contribution in [2.24, 2.45) is 0 Å². The first-order chi connectivity index (χ1) is 11.2. The van der Waals surface area contributed by atoms with Crippen molar-refractivity contribution in [3.8, 4) is 11.5 Å². The number of pyridine rings is 1. The Bertz CT molecular complexity index is 793. The molecule has 2 aromatic heterocycles. The van der Waals surface area contributed by atoms with E-state index in [2.05, 4.69) is 20.5 Å². The van der Waals surface area contributed by atoms with Crippen LogP contribution in [0.15, 0.2) is 58.4 Å². The van der Waals surface area contributed by atoms with Gasteiger partial charge in [0.25, 0.3) is 5.22 Å². The molecule has 23 heavy (non-hydrogen) atoms. The maximum absolute atomic E-state index is 11.9. The van der Waals surface area contributed by atoms with E-state index in [4.69, 9.17) is 16.0 Å². The number of carbonyl (C=O) groups is 1. The Kier molecular flexibility index (Phi) is 4.89. The first-order valence-corrected chi connectivity index (χ1v) is 7.99. The summed E-state index contributed by atoms with van der Waals surface area (Å²) in [6.07, 6.45) is 3.29. The topological polar surface area (TPSA) is 80.9 Å². The fourth-order valence-electron chi connectivity index (χ4n) is 1.74. The average molecular weight is 347 g/mol. The quantitative estimate of drug-likeness (QED) is 0.712. The molecule has 2 heterocycles. The summed E-state index contributed by atoms with van der Waals surface area (Å²) >= 11 is 6.97. The highest BCUT2D eigenvalue weighted by Crippen LogP contribution is 2.22. The van der Waals surface area contributed by atoms with Crippen LogP contribution in [0.1, 0.15) is 0 Å². The molecule has 0 aliphatic heterocycles. The third-order valence-corrected chi connectivity index (χ3v) is 3.86. The Morgan fingerprint density at radius 3 is 2.61 bits per heavy atom. The molecule has 0 atom stereocenters. The second-order valence-corrected chi connectivity index (χ2v) is 5.82. The fourth-order valence-corrected chi connectivity index (χ4v) is 2.43. The second-order valence-electron chi connectivity index (χ2n) is 4.45. The Labute approximate surface area is 141 Å². The molecule has 3 rings (SSSR count). The van der Waals surface area contributed by atoms with Gasteiger partial charge in [0.1, 0.15) is 0 Å². The number of aromatic nitrogens is 3. The summed E-state index contributed by atoms with van der Waals surface area (Å²) in [6.45, 7) is 0. The van der Waals surface area contributed by atoms with E-state index in [-0.39, 0.29) is 11.7 Å². The van der Waals surface area contributed by atoms with E-state index in [0.717, 1.165) is 5.56 Å². The number of amides is 1. The van der Waals surface area contributed by atoms with E-state index in [9.17, 15) is 4.79 Å². The molecule has 0 unspecified atom stereocenters. The van der Waals surface area contributed by atoms with Crippen LogP contribution in [-0.2, 0) is 4.79 Å². The molecular weight excluding hydrogens is 336 g/mol. The molecule has 116 valence electrons. The Balaban J connectivity index is 1.55. The number of nitrogens with one attached hydrogen (secondary N) is 1. The number of nitrogens with zero attached hydrogens (tertiary/aromatic N) is 3. The van der Waals surface area contributed by atoms with E-state index < -0.39 is 0 Å². The van der Waals surface area contributed by atoms with Crippen LogP contribution in [0.4, 0.5) is 5.69 Å². The van der Waals surface area contributed by atoms with Crippen molar-refractivity contribution in [1.82, 2.24) is 15.2 Å². The van der Waals surface area contributed by atoms with E-state index >= 15 is 0 Å². The van der Waals surface area contributed by atoms with Crippen molar-refractivity contribution in [1.29, 1.82) is 0 Å². The van der Waals surface area contributed by atoms with Crippen LogP contribution in [0, 0.1) is 0 Å². The third kappa shape index (κ3) is 4.30. The lowest BCUT2D eigenvalue weighted by Gasteiger charge is -2.03. The van der Waals surface area contributed by atoms with E-state index in [1.165, 1.54) is 11.8 Å². The summed E-state index contributed by atoms with van der Waals surface area (Å²) in [5.41, 5.74) is 1.47. The van der Waals surface area contributed by atoms with Crippen molar-refractivity contribution in [2.75, 3.05) is 11.1 Å². The van der Waals surface area contributed by atoms with Gasteiger partial charge in [0.2, 0.25) is 11.8 Å². The Hall–Kier alpha value is -2.38. The van der Waals surface area contributed by atoms with Crippen LogP contribution in [0.2, 0.25) is 5.02 Å². The molecule has 6 nitrogen and oxygen atoms in total. The minimum Gasteiger partial charge on any atom is -0.411 e. The average Bonchev–Trinajstić information content (AvgIpc) is 3.05. The summed E-state index contributed by atoms with van der Waals surface area (Å²) in [5.74, 6) is 0.398. The zero-order valence-electron chi connectivity index (χ0n) is 11.8. The van der Waals surface area contributed by atoms with Crippen LogP contribution in [0.3, 0.4) is 0 Å². The molecule has 0 radical (unpaired) electrons. The minimum absolute atomic E-state index is 0.166. The predicted octanol–water partition coefficient (Wildman–Crippen LogP) is 3.52. The lowest BCUT2D eigenvalue weighted by molar-refractivity contribution is -0.113. The molecule has 1 amide bonds. The predicted molar refractivity (Wildman–Crippen MR) is 88.3 cm³/mol. The van der Waals surface area contributed by atoms with Gasteiger partial charge in [-0.1, -0.05) is 23.4 Å². The maximum atomic E-state index is 11.9. The monoisotopic (exact) mass is 346 g/mol. The number of hydrogen-bond acceptors (Lipinski definition) is 6. The molecule has 0 aliphatic carbocycles. The van der Waals surface area contributed by atoms with Crippen molar-refractivity contribution >= 4 is 35.0 Å². The second kappa shape index (κ2) is 7.26. The summed E-state index contributed by atoms with van der Waals surface area (Å²) in [4.78, 5) is 15.8. The number of halogens is 1. The molecule has 0 fully saturated rings. The molecule has 3 aromatic rings. The van der Waals surface area contributed by atoms with E-state index in [1.54, 1.807) is 48.8 Å². The highest BCUT2D eigenvalue weighted by atomic mass is 35.5. The number of rotatable bonds is 5. The van der Waals surface area contributed by atoms with Gasteiger partial charge in [0, 0.05) is 28.7 Å². The first kappa shape index (κ1) is 15.5. The van der Waals surface area contributed by atoms with Gasteiger partial charge in [-0.25, -0.2) is 0 Å². The number of hydrogen-bond donors (Lipinski definition) is 1. The Morgan fingerprint density at radius 2 is 1.87 bits per heavy atom. The van der Waals surface area contributed by atoms with Gasteiger partial charge in [-0.2, -0.15) is 0 Å². The maximum Gasteiger partial charge on any atom is 0.277 e. The number of anilines is 1. The molecule has 0 bridgehead atoms. The van der Waals surface area contributed by atoms with E-state index in [1.807, 2.05) is 0 Å². The summed E-state index contributed by atoms with van der Waals surface area (Å²) in [5, 5.41) is 11.6. The standard InChI is InChI=1S/C15H11ClN4O2S/c16-11-1-3-12(4-2-11)18-13(21)9-23-15-20-19-14(22-15)10-5-7-17-8-6-10/h1-8H,9H2,(H,18,21). The van der Waals surface area contributed by atoms with E-state index in [0.29, 0.717) is 21.8 Å². The molecule has 0 spiro atoms. The molecule has 8 heteroatoms. The highest BCUT2D eigenvalue weighted by molar-refractivity contribution is 7.99. The van der Waals surface area contributed by atoms with Gasteiger partial charge in [-0.05, 0) is 36.4 Å². The lowest BCUT2D eigenvalue weighted by atomic mass is 10.3. The normalized spacial score (nSPS) is 10.5. The number of benzene rings is 1. The summed E-state index contributed by atoms with van der Waals surface area (Å²) in [7, 11) is 0. The molecule has 0 saturated carbocycles. The van der Waals surface area contributed by atoms with Gasteiger partial charge in [0.15, 0.2) is 0 Å². The van der Waals surface area contributed by atoms with Crippen molar-refractivity contribution in [2.45, 2.75) is 5.22 Å². The number of thioether (sulfide) groups is 1. The van der Waals surface area contributed by atoms with Gasteiger partial charge < -0.3 is 9.73 Å². The largest absolute Gasteiger partial charge is 0.411 e. The summed E-state index contributed by atoms with van der Waals surface area (Å²) in [6, 6.07) is 10.4. The van der Waals surface area contributed by atoms with Crippen LogP contribution < -0.4 is 5.32 Å². The summed E-state index contributed by atoms with van der Waals surface area (Å²) < 4.78 is 5.50. The number of carbonyl (C=O) groups excluding carboxylic acids is 1. The third-order valence-electron chi connectivity index (χ3n) is 2.79. The molecule has 0 saturated heterocycles. The Morgan fingerprint density at radius 1 is 1.13 bits per heavy atom. The molecule has 0 aliphatic rings.